The van der Waals surface area contributed by atoms with Crippen molar-refractivity contribution < 1.29 is 9.53 Å². The second-order valence-corrected chi connectivity index (χ2v) is 8.63. The van der Waals surface area contributed by atoms with Gasteiger partial charge in [-0.15, -0.1) is 11.3 Å². The van der Waals surface area contributed by atoms with Crippen LogP contribution in [0.2, 0.25) is 0 Å². The van der Waals surface area contributed by atoms with Gasteiger partial charge < -0.3 is 9.64 Å². The highest BCUT2D eigenvalue weighted by atomic mass is 79.9. The normalized spacial score (nSPS) is 14.8. The number of benzene rings is 2. The van der Waals surface area contributed by atoms with E-state index in [4.69, 9.17) is 9.72 Å². The molecule has 0 saturated carbocycles. The van der Waals surface area contributed by atoms with Crippen molar-refractivity contribution in [3.8, 4) is 16.3 Å². The topological polar surface area (TPSA) is 45.7 Å². The first-order valence-corrected chi connectivity index (χ1v) is 11.2. The number of nitrogens with zero attached hydrogens (tertiary/aromatic N) is 3. The lowest BCUT2D eigenvalue weighted by Crippen LogP contribution is -2.48. The van der Waals surface area contributed by atoms with Crippen molar-refractivity contribution in [1.82, 2.24) is 14.8 Å². The van der Waals surface area contributed by atoms with Gasteiger partial charge in [-0.25, -0.2) is 4.98 Å². The maximum atomic E-state index is 12.7. The number of amides is 1. The van der Waals surface area contributed by atoms with Gasteiger partial charge in [-0.2, -0.15) is 0 Å². The molecule has 1 amide bonds. The van der Waals surface area contributed by atoms with Crippen LogP contribution in [0.15, 0.2) is 58.4 Å². The summed E-state index contributed by atoms with van der Waals surface area (Å²) in [6.45, 7) is 3.98. The van der Waals surface area contributed by atoms with Crippen molar-refractivity contribution in [3.63, 3.8) is 0 Å². The quantitative estimate of drug-likeness (QED) is 0.547. The van der Waals surface area contributed by atoms with Crippen LogP contribution in [0.1, 0.15) is 16.1 Å². The number of methoxy groups -OCH3 is 1. The summed E-state index contributed by atoms with van der Waals surface area (Å²) in [7, 11) is 1.67. The fourth-order valence-corrected chi connectivity index (χ4v) is 4.66. The van der Waals surface area contributed by atoms with E-state index in [1.807, 2.05) is 53.4 Å². The zero-order valence-corrected chi connectivity index (χ0v) is 18.6. The molecule has 0 atom stereocenters. The summed E-state index contributed by atoms with van der Waals surface area (Å²) in [6.07, 6.45) is 0. The molecule has 0 N–H and O–H groups in total. The molecule has 0 unspecified atom stereocenters. The van der Waals surface area contributed by atoms with E-state index in [0.717, 1.165) is 64.8 Å². The minimum atomic E-state index is 0.0903. The lowest BCUT2D eigenvalue weighted by Gasteiger charge is -2.34. The monoisotopic (exact) mass is 471 g/mol. The van der Waals surface area contributed by atoms with E-state index in [-0.39, 0.29) is 5.91 Å². The zero-order valence-electron chi connectivity index (χ0n) is 16.2. The van der Waals surface area contributed by atoms with Gasteiger partial charge in [0.2, 0.25) is 0 Å². The van der Waals surface area contributed by atoms with Crippen LogP contribution in [0, 0.1) is 0 Å². The first kappa shape index (κ1) is 20.1. The van der Waals surface area contributed by atoms with Gasteiger partial charge in [0, 0.05) is 48.1 Å². The van der Waals surface area contributed by atoms with E-state index < -0.39 is 0 Å². The van der Waals surface area contributed by atoms with Crippen LogP contribution in [0.4, 0.5) is 0 Å². The number of aromatic nitrogens is 1. The molecule has 7 heteroatoms. The molecule has 3 aromatic rings. The number of halogens is 1. The molecule has 0 bridgehead atoms. The maximum absolute atomic E-state index is 12.7. The van der Waals surface area contributed by atoms with Crippen molar-refractivity contribution in [2.24, 2.45) is 0 Å². The Bertz CT molecular complexity index is 982. The standard InChI is InChI=1S/C22H22BrN3O2S/c1-28-18-8-6-16(7-9-18)21-24-17(15-29-21)14-25-10-12-26(13-11-25)22(27)19-4-2-3-5-20(19)23/h2-9,15H,10-14H2,1H3. The molecule has 0 spiro atoms. The summed E-state index contributed by atoms with van der Waals surface area (Å²) >= 11 is 5.14. The third-order valence-corrected chi connectivity index (χ3v) is 6.67. The molecule has 1 fully saturated rings. The number of carbonyl (C=O) groups is 1. The van der Waals surface area contributed by atoms with Gasteiger partial charge in [0.15, 0.2) is 0 Å². The molecule has 29 heavy (non-hydrogen) atoms. The zero-order chi connectivity index (χ0) is 20.2. The Morgan fingerprint density at radius 1 is 1.10 bits per heavy atom. The van der Waals surface area contributed by atoms with Gasteiger partial charge in [0.05, 0.1) is 18.4 Å². The Hall–Kier alpha value is -2.22. The Balaban J connectivity index is 1.33. The largest absolute Gasteiger partial charge is 0.497 e. The molecular formula is C22H22BrN3O2S. The predicted octanol–water partition coefficient (Wildman–Crippen LogP) is 4.54. The number of hydrogen-bond acceptors (Lipinski definition) is 5. The summed E-state index contributed by atoms with van der Waals surface area (Å²) in [6, 6.07) is 15.6. The number of piperazine rings is 1. The predicted molar refractivity (Wildman–Crippen MR) is 119 cm³/mol. The summed E-state index contributed by atoms with van der Waals surface area (Å²) in [4.78, 5) is 21.8. The summed E-state index contributed by atoms with van der Waals surface area (Å²) in [5, 5.41) is 3.14. The van der Waals surface area contributed by atoms with E-state index in [9.17, 15) is 4.79 Å². The second kappa shape index (κ2) is 9.07. The lowest BCUT2D eigenvalue weighted by molar-refractivity contribution is 0.0626. The van der Waals surface area contributed by atoms with Gasteiger partial charge in [0.1, 0.15) is 10.8 Å². The lowest BCUT2D eigenvalue weighted by atomic mass is 10.2. The number of thiazole rings is 1. The molecule has 1 saturated heterocycles. The van der Waals surface area contributed by atoms with Crippen LogP contribution < -0.4 is 4.74 Å². The summed E-state index contributed by atoms with van der Waals surface area (Å²) in [5.74, 6) is 0.938. The van der Waals surface area contributed by atoms with E-state index in [1.165, 1.54) is 0 Å². The molecule has 150 valence electrons. The van der Waals surface area contributed by atoms with Gasteiger partial charge >= 0.3 is 0 Å². The summed E-state index contributed by atoms with van der Waals surface area (Å²) < 4.78 is 6.06. The van der Waals surface area contributed by atoms with Gasteiger partial charge in [-0.3, -0.25) is 9.69 Å². The Morgan fingerprint density at radius 3 is 2.52 bits per heavy atom. The van der Waals surface area contributed by atoms with E-state index in [2.05, 4.69) is 26.2 Å². The van der Waals surface area contributed by atoms with Crippen molar-refractivity contribution in [3.05, 3.63) is 69.6 Å². The third kappa shape index (κ3) is 4.69. The molecule has 2 heterocycles. The average Bonchev–Trinajstić information content (AvgIpc) is 3.23. The van der Waals surface area contributed by atoms with Crippen molar-refractivity contribution in [2.45, 2.75) is 6.54 Å². The van der Waals surface area contributed by atoms with E-state index in [1.54, 1.807) is 18.4 Å². The van der Waals surface area contributed by atoms with Crippen molar-refractivity contribution >= 4 is 33.2 Å². The Kier molecular flexibility index (Phi) is 6.28. The Morgan fingerprint density at radius 2 is 1.83 bits per heavy atom. The van der Waals surface area contributed by atoms with Crippen molar-refractivity contribution in [1.29, 1.82) is 0 Å². The molecule has 2 aromatic carbocycles. The number of rotatable bonds is 5. The SMILES string of the molecule is COc1ccc(-c2nc(CN3CCN(C(=O)c4ccccc4Br)CC3)cs2)cc1. The molecule has 1 aromatic heterocycles. The minimum Gasteiger partial charge on any atom is -0.497 e. The molecule has 4 rings (SSSR count). The highest BCUT2D eigenvalue weighted by Crippen LogP contribution is 2.26. The van der Waals surface area contributed by atoms with Gasteiger partial charge in [0.25, 0.3) is 5.91 Å². The molecule has 1 aliphatic rings. The third-order valence-electron chi connectivity index (χ3n) is 5.04. The Labute approximate surface area is 183 Å². The highest BCUT2D eigenvalue weighted by Gasteiger charge is 2.23. The first-order chi connectivity index (χ1) is 14.1. The van der Waals surface area contributed by atoms with E-state index >= 15 is 0 Å². The van der Waals surface area contributed by atoms with E-state index in [0.29, 0.717) is 0 Å². The van der Waals surface area contributed by atoms with Crippen molar-refractivity contribution in [2.75, 3.05) is 33.3 Å². The molecular weight excluding hydrogens is 450 g/mol. The van der Waals surface area contributed by atoms with Crippen LogP contribution in [-0.4, -0.2) is 54.0 Å². The first-order valence-electron chi connectivity index (χ1n) is 9.49. The van der Waals surface area contributed by atoms with Crippen LogP contribution in [-0.2, 0) is 6.54 Å². The number of ether oxygens (including phenoxy) is 1. The second-order valence-electron chi connectivity index (χ2n) is 6.92. The fraction of sp³-hybridized carbons (Fsp3) is 0.273. The molecule has 0 radical (unpaired) electrons. The van der Waals surface area contributed by atoms with Crippen LogP contribution >= 0.6 is 27.3 Å². The highest BCUT2D eigenvalue weighted by molar-refractivity contribution is 9.10. The fourth-order valence-electron chi connectivity index (χ4n) is 3.39. The number of hydrogen-bond donors (Lipinski definition) is 0. The van der Waals surface area contributed by atoms with Gasteiger partial charge in [-0.05, 0) is 52.3 Å². The summed E-state index contributed by atoms with van der Waals surface area (Å²) in [5.41, 5.74) is 2.90. The van der Waals surface area contributed by atoms with Crippen LogP contribution in [0.25, 0.3) is 10.6 Å². The molecule has 0 aliphatic carbocycles. The molecule has 1 aliphatic heterocycles. The maximum Gasteiger partial charge on any atom is 0.255 e. The number of carbonyl (C=O) groups excluding carboxylic acids is 1. The van der Waals surface area contributed by atoms with Gasteiger partial charge in [-0.1, -0.05) is 12.1 Å². The smallest absolute Gasteiger partial charge is 0.255 e. The van der Waals surface area contributed by atoms with Crippen LogP contribution in [0.3, 0.4) is 0 Å². The van der Waals surface area contributed by atoms with Crippen LogP contribution in [0.5, 0.6) is 5.75 Å². The minimum absolute atomic E-state index is 0.0903. The average molecular weight is 472 g/mol. The molecule has 5 nitrogen and oxygen atoms in total.